The van der Waals surface area contributed by atoms with Crippen LogP contribution in [0.4, 0.5) is 0 Å². The fourth-order valence-corrected chi connectivity index (χ4v) is 5.49. The molecule has 0 spiro atoms. The van der Waals surface area contributed by atoms with Crippen LogP contribution >= 0.6 is 12.4 Å². The summed E-state index contributed by atoms with van der Waals surface area (Å²) < 4.78 is 12.9. The van der Waals surface area contributed by atoms with Crippen molar-refractivity contribution in [3.8, 4) is 0 Å². The van der Waals surface area contributed by atoms with Crippen molar-refractivity contribution in [1.82, 2.24) is 5.32 Å². The first kappa shape index (κ1) is 20.4. The summed E-state index contributed by atoms with van der Waals surface area (Å²) in [7, 11) is -0.362. The number of halogens is 1. The van der Waals surface area contributed by atoms with Gasteiger partial charge in [0.1, 0.15) is 0 Å². The normalized spacial score (nSPS) is 39.5. The van der Waals surface area contributed by atoms with Crippen LogP contribution in [-0.2, 0) is 14.1 Å². The Morgan fingerprint density at radius 3 is 2.46 bits per heavy atom. The summed E-state index contributed by atoms with van der Waals surface area (Å²) in [4.78, 5) is 12.5. The van der Waals surface area contributed by atoms with E-state index in [2.05, 4.69) is 39.9 Å². The number of hydrogen-bond donors (Lipinski definition) is 2. The molecule has 0 aromatic rings. The highest BCUT2D eigenvalue weighted by Crippen LogP contribution is 2.65. The molecule has 1 heterocycles. The maximum atomic E-state index is 12.5. The van der Waals surface area contributed by atoms with Gasteiger partial charge in [0.15, 0.2) is 0 Å². The number of nitrogens with one attached hydrogen (secondary N) is 1. The standard InChI is InChI=1S/C19H33BN2O3.ClH/c1-11(2)8-15(22-16(23)19(21)6-7-19)20-24-14-10-12-9-13(17(12,3)4)18(14,5)25-20;/h11-15H,6-10,21H2,1-5H3,(H,22,23);1H/t12-,13-,14+,15-,18-;/m0./s1. The minimum absolute atomic E-state index is 0. The molecule has 7 heteroatoms. The molecule has 0 radical (unpaired) electrons. The van der Waals surface area contributed by atoms with E-state index < -0.39 is 5.54 Å². The van der Waals surface area contributed by atoms with Crippen molar-refractivity contribution >= 4 is 25.4 Å². The molecular formula is C19H34BClN2O3. The molecule has 0 unspecified atom stereocenters. The van der Waals surface area contributed by atoms with Crippen molar-refractivity contribution < 1.29 is 14.1 Å². The van der Waals surface area contributed by atoms with Crippen LogP contribution in [0, 0.1) is 23.2 Å². The number of carbonyl (C=O) groups excluding carboxylic acids is 1. The Morgan fingerprint density at radius 2 is 1.92 bits per heavy atom. The van der Waals surface area contributed by atoms with Crippen LogP contribution in [0.15, 0.2) is 0 Å². The summed E-state index contributed by atoms with van der Waals surface area (Å²) in [6.07, 6.45) is 4.85. The van der Waals surface area contributed by atoms with Crippen LogP contribution in [0.3, 0.4) is 0 Å². The predicted molar refractivity (Wildman–Crippen MR) is 105 cm³/mol. The first-order valence-corrected chi connectivity index (χ1v) is 9.99. The Bertz CT molecular complexity index is 583. The Balaban J connectivity index is 0.00000196. The van der Waals surface area contributed by atoms with Gasteiger partial charge in [0.05, 0.1) is 23.2 Å². The lowest BCUT2D eigenvalue weighted by Gasteiger charge is -2.64. The van der Waals surface area contributed by atoms with E-state index in [4.69, 9.17) is 15.0 Å². The number of nitrogens with two attached hydrogens (primary N) is 1. The van der Waals surface area contributed by atoms with Crippen molar-refractivity contribution in [1.29, 1.82) is 0 Å². The van der Waals surface area contributed by atoms with Crippen LogP contribution in [0.2, 0.25) is 0 Å². The number of carbonyl (C=O) groups is 1. The highest BCUT2D eigenvalue weighted by Gasteiger charge is 2.68. The van der Waals surface area contributed by atoms with Crippen molar-refractivity contribution in [2.45, 2.75) is 89.9 Å². The molecule has 26 heavy (non-hydrogen) atoms. The van der Waals surface area contributed by atoms with Gasteiger partial charge in [-0.3, -0.25) is 4.79 Å². The van der Waals surface area contributed by atoms with Crippen molar-refractivity contribution in [2.24, 2.45) is 28.9 Å². The fourth-order valence-electron chi connectivity index (χ4n) is 5.49. The second-order valence-electron chi connectivity index (χ2n) is 10.2. The molecule has 5 aliphatic rings. The zero-order valence-electron chi connectivity index (χ0n) is 16.7. The van der Waals surface area contributed by atoms with Crippen LogP contribution in [0.25, 0.3) is 0 Å². The monoisotopic (exact) mass is 384 g/mol. The molecule has 5 atom stereocenters. The van der Waals surface area contributed by atoms with Crippen molar-refractivity contribution in [3.63, 3.8) is 0 Å². The van der Waals surface area contributed by atoms with Gasteiger partial charge in [0.2, 0.25) is 5.91 Å². The van der Waals surface area contributed by atoms with E-state index >= 15 is 0 Å². The molecule has 1 aliphatic heterocycles. The largest absolute Gasteiger partial charge is 0.481 e. The maximum Gasteiger partial charge on any atom is 0.481 e. The second-order valence-corrected chi connectivity index (χ2v) is 10.2. The summed E-state index contributed by atoms with van der Waals surface area (Å²) in [6, 6.07) is 0. The average Bonchev–Trinajstić information content (AvgIpc) is 3.15. The SMILES string of the molecule is CC(C)C[C@H](NC(=O)C1(N)CC1)B1O[C@@H]2C[C@@H]3C[C@@H](C3(C)C)[C@]2(C)O1.Cl. The number of amides is 1. The topological polar surface area (TPSA) is 73.6 Å². The third-order valence-corrected chi connectivity index (χ3v) is 7.58. The summed E-state index contributed by atoms with van der Waals surface area (Å²) in [5, 5.41) is 3.15. The van der Waals surface area contributed by atoms with Crippen molar-refractivity contribution in [2.75, 3.05) is 0 Å². The average molecular weight is 385 g/mol. The van der Waals surface area contributed by atoms with E-state index in [1.165, 1.54) is 6.42 Å². The van der Waals surface area contributed by atoms with E-state index in [0.29, 0.717) is 17.3 Å². The van der Waals surface area contributed by atoms with Gasteiger partial charge in [-0.15, -0.1) is 12.4 Å². The summed E-state index contributed by atoms with van der Waals surface area (Å²) in [5.74, 6) is 1.54. The third kappa shape index (κ3) is 3.01. The molecule has 4 saturated carbocycles. The molecule has 148 valence electrons. The lowest BCUT2D eigenvalue weighted by atomic mass is 9.43. The molecule has 0 aromatic heterocycles. The van der Waals surface area contributed by atoms with Crippen molar-refractivity contribution in [3.05, 3.63) is 0 Å². The quantitative estimate of drug-likeness (QED) is 0.715. The Morgan fingerprint density at radius 1 is 1.27 bits per heavy atom. The van der Waals surface area contributed by atoms with E-state index in [9.17, 15) is 4.79 Å². The zero-order chi connectivity index (χ0) is 18.2. The molecule has 4 aliphatic carbocycles. The number of rotatable bonds is 5. The minimum Gasteiger partial charge on any atom is -0.404 e. The van der Waals surface area contributed by atoms with E-state index in [1.54, 1.807) is 0 Å². The van der Waals surface area contributed by atoms with Crippen LogP contribution in [-0.4, -0.2) is 36.2 Å². The lowest BCUT2D eigenvalue weighted by molar-refractivity contribution is -0.199. The van der Waals surface area contributed by atoms with Gasteiger partial charge < -0.3 is 20.4 Å². The summed E-state index contributed by atoms with van der Waals surface area (Å²) in [6.45, 7) is 11.3. The Kier molecular flexibility index (Phi) is 5.00. The predicted octanol–water partition coefficient (Wildman–Crippen LogP) is 2.70. The van der Waals surface area contributed by atoms with E-state index in [-0.39, 0.29) is 43.1 Å². The maximum absolute atomic E-state index is 12.5. The van der Waals surface area contributed by atoms with Gasteiger partial charge in [0, 0.05) is 0 Å². The molecule has 1 saturated heterocycles. The first-order chi connectivity index (χ1) is 11.6. The fraction of sp³-hybridized carbons (Fsp3) is 0.947. The second kappa shape index (κ2) is 6.36. The van der Waals surface area contributed by atoms with Gasteiger partial charge in [-0.25, -0.2) is 0 Å². The molecule has 5 nitrogen and oxygen atoms in total. The van der Waals surface area contributed by atoms with E-state index in [1.807, 2.05) is 0 Å². The molecule has 2 bridgehead atoms. The zero-order valence-corrected chi connectivity index (χ0v) is 17.5. The van der Waals surface area contributed by atoms with Crippen LogP contribution in [0.1, 0.15) is 66.7 Å². The Hall–Kier alpha value is -0.295. The molecule has 5 fully saturated rings. The highest BCUT2D eigenvalue weighted by atomic mass is 35.5. The van der Waals surface area contributed by atoms with Gasteiger partial charge in [0.25, 0.3) is 0 Å². The summed E-state index contributed by atoms with van der Waals surface area (Å²) >= 11 is 0. The number of hydrogen-bond acceptors (Lipinski definition) is 4. The minimum atomic E-state index is -0.659. The molecule has 5 rings (SSSR count). The van der Waals surface area contributed by atoms with Gasteiger partial charge in [-0.2, -0.15) is 0 Å². The molecule has 0 aromatic carbocycles. The smallest absolute Gasteiger partial charge is 0.404 e. The molecular weight excluding hydrogens is 350 g/mol. The van der Waals surface area contributed by atoms with Crippen LogP contribution in [0.5, 0.6) is 0 Å². The third-order valence-electron chi connectivity index (χ3n) is 7.58. The first-order valence-electron chi connectivity index (χ1n) is 9.99. The summed E-state index contributed by atoms with van der Waals surface area (Å²) in [5.41, 5.74) is 5.52. The Labute approximate surface area is 164 Å². The lowest BCUT2D eigenvalue weighted by Crippen LogP contribution is -2.65. The van der Waals surface area contributed by atoms with Crippen LogP contribution < -0.4 is 11.1 Å². The highest BCUT2D eigenvalue weighted by molar-refractivity contribution is 6.48. The van der Waals surface area contributed by atoms with Gasteiger partial charge in [-0.05, 0) is 62.2 Å². The van der Waals surface area contributed by atoms with E-state index in [0.717, 1.165) is 31.6 Å². The van der Waals surface area contributed by atoms with Gasteiger partial charge in [-0.1, -0.05) is 27.7 Å². The van der Waals surface area contributed by atoms with Gasteiger partial charge >= 0.3 is 7.12 Å². The molecule has 1 amide bonds. The molecule has 3 N–H and O–H groups in total.